The Morgan fingerprint density at radius 1 is 1.25 bits per heavy atom. The number of halogens is 1. The second-order valence-electron chi connectivity index (χ2n) is 8.30. The summed E-state index contributed by atoms with van der Waals surface area (Å²) in [7, 11) is 2.23. The molecule has 1 saturated carbocycles. The molecule has 0 aromatic rings. The molecule has 4 nitrogen and oxygen atoms in total. The molecule has 142 valence electrons. The highest BCUT2D eigenvalue weighted by atomic mass is 127. The summed E-state index contributed by atoms with van der Waals surface area (Å²) < 4.78 is 0. The molecule has 24 heavy (non-hydrogen) atoms. The first-order chi connectivity index (χ1) is 11.0. The molecule has 1 atom stereocenters. The molecule has 1 aliphatic heterocycles. The average molecular weight is 450 g/mol. The summed E-state index contributed by atoms with van der Waals surface area (Å²) in [6.07, 6.45) is 8.11. The zero-order chi connectivity index (χ0) is 16.7. The fourth-order valence-corrected chi connectivity index (χ4v) is 4.24. The van der Waals surface area contributed by atoms with Crippen molar-refractivity contribution < 1.29 is 0 Å². The lowest BCUT2D eigenvalue weighted by molar-refractivity contribution is 0.111. The van der Waals surface area contributed by atoms with E-state index < -0.39 is 0 Å². The van der Waals surface area contributed by atoms with Gasteiger partial charge in [-0.2, -0.15) is 0 Å². The Labute approximate surface area is 166 Å². The number of piperidine rings is 1. The third-order valence-electron chi connectivity index (χ3n) is 5.45. The van der Waals surface area contributed by atoms with Crippen molar-refractivity contribution in [1.29, 1.82) is 0 Å². The van der Waals surface area contributed by atoms with Crippen LogP contribution in [-0.2, 0) is 0 Å². The number of hydrogen-bond acceptors (Lipinski definition) is 2. The molecule has 0 aromatic carbocycles. The Kier molecular flexibility index (Phi) is 9.94. The topological polar surface area (TPSA) is 39.7 Å². The van der Waals surface area contributed by atoms with Crippen molar-refractivity contribution in [2.45, 2.75) is 59.3 Å². The quantitative estimate of drug-likeness (QED) is 0.353. The highest BCUT2D eigenvalue weighted by Gasteiger charge is 2.37. The van der Waals surface area contributed by atoms with Gasteiger partial charge >= 0.3 is 0 Å². The highest BCUT2D eigenvalue weighted by molar-refractivity contribution is 14.0. The molecular weight excluding hydrogens is 411 g/mol. The predicted molar refractivity (Wildman–Crippen MR) is 115 cm³/mol. The van der Waals surface area contributed by atoms with Gasteiger partial charge in [0, 0.05) is 26.2 Å². The molecule has 2 rings (SSSR count). The minimum atomic E-state index is 0. The first-order valence-electron chi connectivity index (χ1n) is 9.74. The largest absolute Gasteiger partial charge is 0.357 e. The molecule has 1 aliphatic carbocycles. The van der Waals surface area contributed by atoms with E-state index >= 15 is 0 Å². The van der Waals surface area contributed by atoms with Crippen molar-refractivity contribution >= 4 is 29.9 Å². The van der Waals surface area contributed by atoms with E-state index in [1.54, 1.807) is 0 Å². The van der Waals surface area contributed by atoms with Crippen LogP contribution >= 0.6 is 24.0 Å². The highest BCUT2D eigenvalue weighted by Crippen LogP contribution is 2.46. The molecule has 5 heteroatoms. The number of guanidine groups is 1. The standard InChI is InChI=1S/C19H38N4.HI/c1-5-20-18(21-13-17-8-6-11-23(4)14-17)22-15-19(9-7-10-19)12-16(2)3;/h16-17H,5-15H2,1-4H3,(H2,20,21,22);1H. The second kappa shape index (κ2) is 10.8. The Morgan fingerprint density at radius 2 is 2.00 bits per heavy atom. The minimum Gasteiger partial charge on any atom is -0.357 e. The van der Waals surface area contributed by atoms with Crippen LogP contribution in [0.4, 0.5) is 0 Å². The van der Waals surface area contributed by atoms with Gasteiger partial charge in [0.15, 0.2) is 5.96 Å². The van der Waals surface area contributed by atoms with Gasteiger partial charge in [0.25, 0.3) is 0 Å². The van der Waals surface area contributed by atoms with Gasteiger partial charge in [0.2, 0.25) is 0 Å². The number of hydrogen-bond donors (Lipinski definition) is 2. The van der Waals surface area contributed by atoms with E-state index in [1.165, 1.54) is 51.6 Å². The summed E-state index contributed by atoms with van der Waals surface area (Å²) in [4.78, 5) is 7.40. The predicted octanol–water partition coefficient (Wildman–Crippen LogP) is 3.72. The van der Waals surface area contributed by atoms with Crippen LogP contribution in [0.1, 0.15) is 59.3 Å². The molecule has 0 aromatic heterocycles. The lowest BCUT2D eigenvalue weighted by atomic mass is 9.64. The first kappa shape index (κ1) is 22.0. The molecule has 2 aliphatic rings. The van der Waals surface area contributed by atoms with E-state index in [1.807, 2.05) is 0 Å². The van der Waals surface area contributed by atoms with Crippen LogP contribution in [0.2, 0.25) is 0 Å². The van der Waals surface area contributed by atoms with Crippen molar-refractivity contribution in [3.8, 4) is 0 Å². The number of aliphatic imine (C=N–C) groups is 1. The molecule has 1 unspecified atom stereocenters. The molecule has 0 radical (unpaired) electrons. The van der Waals surface area contributed by atoms with Gasteiger partial charge in [-0.15, -0.1) is 24.0 Å². The van der Waals surface area contributed by atoms with Crippen molar-refractivity contribution in [2.24, 2.45) is 22.2 Å². The average Bonchev–Trinajstić information content (AvgIpc) is 2.46. The van der Waals surface area contributed by atoms with Crippen LogP contribution in [0.25, 0.3) is 0 Å². The molecule has 2 N–H and O–H groups in total. The summed E-state index contributed by atoms with van der Waals surface area (Å²) in [5.74, 6) is 2.56. The lowest BCUT2D eigenvalue weighted by Crippen LogP contribution is -2.44. The molecule has 0 amide bonds. The molecule has 0 bridgehead atoms. The lowest BCUT2D eigenvalue weighted by Gasteiger charge is -2.42. The zero-order valence-electron chi connectivity index (χ0n) is 16.2. The Balaban J connectivity index is 0.00000288. The fourth-order valence-electron chi connectivity index (χ4n) is 4.24. The van der Waals surface area contributed by atoms with Crippen LogP contribution in [0, 0.1) is 17.3 Å². The van der Waals surface area contributed by atoms with E-state index in [0.717, 1.165) is 37.4 Å². The van der Waals surface area contributed by atoms with Gasteiger partial charge in [-0.3, -0.25) is 4.99 Å². The third-order valence-corrected chi connectivity index (χ3v) is 5.45. The monoisotopic (exact) mass is 450 g/mol. The fraction of sp³-hybridized carbons (Fsp3) is 0.947. The number of nitrogens with zero attached hydrogens (tertiary/aromatic N) is 2. The summed E-state index contributed by atoms with van der Waals surface area (Å²) in [6, 6.07) is 0. The van der Waals surface area contributed by atoms with Crippen LogP contribution in [-0.4, -0.2) is 50.6 Å². The summed E-state index contributed by atoms with van der Waals surface area (Å²) >= 11 is 0. The van der Waals surface area contributed by atoms with E-state index in [-0.39, 0.29) is 24.0 Å². The minimum absolute atomic E-state index is 0. The van der Waals surface area contributed by atoms with E-state index in [2.05, 4.69) is 43.4 Å². The Bertz CT molecular complexity index is 380. The Morgan fingerprint density at radius 3 is 2.54 bits per heavy atom. The van der Waals surface area contributed by atoms with Gasteiger partial charge < -0.3 is 15.5 Å². The van der Waals surface area contributed by atoms with E-state index in [4.69, 9.17) is 4.99 Å². The SMILES string of the molecule is CCNC(=NCC1(CC(C)C)CCC1)NCC1CCCN(C)C1.I. The molecule has 1 saturated heterocycles. The van der Waals surface area contributed by atoms with Crippen LogP contribution in [0.3, 0.4) is 0 Å². The van der Waals surface area contributed by atoms with Gasteiger partial charge in [0.1, 0.15) is 0 Å². The summed E-state index contributed by atoms with van der Waals surface area (Å²) in [5, 5.41) is 7.03. The van der Waals surface area contributed by atoms with Gasteiger partial charge in [0.05, 0.1) is 0 Å². The smallest absolute Gasteiger partial charge is 0.191 e. The molecule has 2 fully saturated rings. The summed E-state index contributed by atoms with van der Waals surface area (Å²) in [5.41, 5.74) is 0.488. The van der Waals surface area contributed by atoms with Crippen molar-refractivity contribution in [1.82, 2.24) is 15.5 Å². The van der Waals surface area contributed by atoms with Crippen LogP contribution < -0.4 is 10.6 Å². The van der Waals surface area contributed by atoms with Crippen molar-refractivity contribution in [3.05, 3.63) is 0 Å². The van der Waals surface area contributed by atoms with Crippen molar-refractivity contribution in [2.75, 3.05) is 39.8 Å². The van der Waals surface area contributed by atoms with Gasteiger partial charge in [-0.25, -0.2) is 0 Å². The van der Waals surface area contributed by atoms with E-state index in [9.17, 15) is 0 Å². The molecule has 0 spiro atoms. The third kappa shape index (κ3) is 7.06. The first-order valence-corrected chi connectivity index (χ1v) is 9.74. The summed E-state index contributed by atoms with van der Waals surface area (Å²) in [6.45, 7) is 12.3. The van der Waals surface area contributed by atoms with Crippen molar-refractivity contribution in [3.63, 3.8) is 0 Å². The molecular formula is C19H39IN4. The maximum Gasteiger partial charge on any atom is 0.191 e. The van der Waals surface area contributed by atoms with Gasteiger partial charge in [-0.1, -0.05) is 20.3 Å². The van der Waals surface area contributed by atoms with E-state index in [0.29, 0.717) is 5.41 Å². The number of nitrogens with one attached hydrogen (secondary N) is 2. The number of likely N-dealkylation sites (tertiary alicyclic amines) is 1. The normalized spacial score (nSPS) is 24.2. The van der Waals surface area contributed by atoms with Gasteiger partial charge in [-0.05, 0) is 69.9 Å². The molecule has 1 heterocycles. The Hall–Kier alpha value is -0.0400. The van der Waals surface area contributed by atoms with Crippen LogP contribution in [0.15, 0.2) is 4.99 Å². The second-order valence-corrected chi connectivity index (χ2v) is 8.30. The van der Waals surface area contributed by atoms with Crippen LogP contribution in [0.5, 0.6) is 0 Å². The number of rotatable bonds is 7. The maximum absolute atomic E-state index is 4.94. The zero-order valence-corrected chi connectivity index (χ0v) is 18.6. The maximum atomic E-state index is 4.94.